The first kappa shape index (κ1) is 14.2. The van der Waals surface area contributed by atoms with E-state index in [1.165, 1.54) is 11.1 Å². The van der Waals surface area contributed by atoms with Crippen molar-refractivity contribution in [3.05, 3.63) is 35.4 Å². The van der Waals surface area contributed by atoms with Gasteiger partial charge in [-0.15, -0.1) is 0 Å². The summed E-state index contributed by atoms with van der Waals surface area (Å²) in [4.78, 5) is 22.6. The van der Waals surface area contributed by atoms with Crippen molar-refractivity contribution in [2.24, 2.45) is 5.73 Å². The van der Waals surface area contributed by atoms with E-state index in [1.807, 2.05) is 31.2 Å². The monoisotopic (exact) mass is 249 g/mol. The first-order valence-electron chi connectivity index (χ1n) is 5.95. The third-order valence-electron chi connectivity index (χ3n) is 2.58. The third kappa shape index (κ3) is 4.55. The Morgan fingerprint density at radius 1 is 1.11 bits per heavy atom. The minimum Gasteiger partial charge on any atom is -0.348 e. The third-order valence-corrected chi connectivity index (χ3v) is 2.58. The van der Waals surface area contributed by atoms with E-state index < -0.39 is 11.8 Å². The molecule has 0 aliphatic rings. The van der Waals surface area contributed by atoms with E-state index in [0.717, 1.165) is 0 Å². The van der Waals surface area contributed by atoms with E-state index in [9.17, 15) is 9.59 Å². The molecule has 0 aliphatic carbocycles. The van der Waals surface area contributed by atoms with Gasteiger partial charge in [0, 0.05) is 19.6 Å². The van der Waals surface area contributed by atoms with Crippen LogP contribution in [0.1, 0.15) is 11.1 Å². The van der Waals surface area contributed by atoms with Crippen LogP contribution >= 0.6 is 0 Å². The van der Waals surface area contributed by atoms with Gasteiger partial charge in [-0.3, -0.25) is 9.59 Å². The van der Waals surface area contributed by atoms with Crippen molar-refractivity contribution in [3.63, 3.8) is 0 Å². The summed E-state index contributed by atoms with van der Waals surface area (Å²) in [7, 11) is 0. The lowest BCUT2D eigenvalue weighted by atomic mass is 10.1. The van der Waals surface area contributed by atoms with Crippen LogP contribution in [0.3, 0.4) is 0 Å². The van der Waals surface area contributed by atoms with Gasteiger partial charge in [0.25, 0.3) is 0 Å². The number of carbonyl (C=O) groups is 2. The molecule has 0 heterocycles. The number of carbonyl (C=O) groups excluding carboxylic acids is 2. The van der Waals surface area contributed by atoms with Gasteiger partial charge in [0.15, 0.2) is 0 Å². The smallest absolute Gasteiger partial charge is 0.309 e. The molecule has 98 valence electrons. The number of hydrogen-bond donors (Lipinski definition) is 3. The highest BCUT2D eigenvalue weighted by atomic mass is 16.2. The van der Waals surface area contributed by atoms with E-state index in [-0.39, 0.29) is 0 Å². The summed E-state index contributed by atoms with van der Waals surface area (Å²) >= 11 is 0. The average Bonchev–Trinajstić information content (AvgIpc) is 2.38. The predicted molar refractivity (Wildman–Crippen MR) is 70.0 cm³/mol. The Morgan fingerprint density at radius 3 is 2.33 bits per heavy atom. The Hall–Kier alpha value is -1.88. The Labute approximate surface area is 107 Å². The second-order valence-electron chi connectivity index (χ2n) is 3.98. The fraction of sp³-hybridized carbons (Fsp3) is 0.385. The number of nitrogens with one attached hydrogen (secondary N) is 2. The van der Waals surface area contributed by atoms with Crippen molar-refractivity contribution < 1.29 is 9.59 Å². The maximum Gasteiger partial charge on any atom is 0.309 e. The maximum absolute atomic E-state index is 11.4. The van der Waals surface area contributed by atoms with Crippen LogP contribution in [0, 0.1) is 6.92 Å². The summed E-state index contributed by atoms with van der Waals surface area (Å²) in [6, 6.07) is 7.96. The Balaban J connectivity index is 2.31. The molecule has 2 amide bonds. The van der Waals surface area contributed by atoms with E-state index in [2.05, 4.69) is 10.6 Å². The van der Waals surface area contributed by atoms with Crippen molar-refractivity contribution in [3.8, 4) is 0 Å². The van der Waals surface area contributed by atoms with Gasteiger partial charge in [-0.25, -0.2) is 0 Å². The standard InChI is InChI=1S/C13H19N3O2/c1-10-4-2-3-5-11(10)6-8-15-12(17)13(18)16-9-7-14/h2-5H,6-9,14H2,1H3,(H,15,17)(H,16,18). The van der Waals surface area contributed by atoms with Crippen LogP contribution in [-0.4, -0.2) is 31.4 Å². The lowest BCUT2D eigenvalue weighted by molar-refractivity contribution is -0.139. The molecule has 0 bridgehead atoms. The van der Waals surface area contributed by atoms with Crippen LogP contribution in [0.2, 0.25) is 0 Å². The van der Waals surface area contributed by atoms with Gasteiger partial charge in [-0.1, -0.05) is 24.3 Å². The summed E-state index contributed by atoms with van der Waals surface area (Å²) in [6.45, 7) is 3.09. The molecule has 5 heteroatoms. The van der Waals surface area contributed by atoms with Crippen LogP contribution in [0.15, 0.2) is 24.3 Å². The first-order valence-corrected chi connectivity index (χ1v) is 5.95. The van der Waals surface area contributed by atoms with Crippen LogP contribution in [0.4, 0.5) is 0 Å². The molecule has 0 fully saturated rings. The fourth-order valence-electron chi connectivity index (χ4n) is 1.55. The highest BCUT2D eigenvalue weighted by Gasteiger charge is 2.11. The van der Waals surface area contributed by atoms with E-state index in [0.29, 0.717) is 26.1 Å². The molecular weight excluding hydrogens is 230 g/mol. The molecule has 0 saturated carbocycles. The van der Waals surface area contributed by atoms with Gasteiger partial charge < -0.3 is 16.4 Å². The van der Waals surface area contributed by atoms with Crippen molar-refractivity contribution in [1.82, 2.24) is 10.6 Å². The zero-order chi connectivity index (χ0) is 13.4. The van der Waals surface area contributed by atoms with Crippen molar-refractivity contribution in [2.45, 2.75) is 13.3 Å². The van der Waals surface area contributed by atoms with E-state index >= 15 is 0 Å². The molecule has 4 N–H and O–H groups in total. The lowest BCUT2D eigenvalue weighted by Crippen LogP contribution is -2.42. The summed E-state index contributed by atoms with van der Waals surface area (Å²) in [6.07, 6.45) is 0.711. The van der Waals surface area contributed by atoms with Gasteiger partial charge in [0.05, 0.1) is 0 Å². The number of benzene rings is 1. The zero-order valence-electron chi connectivity index (χ0n) is 10.5. The number of aryl methyl sites for hydroxylation is 1. The molecule has 1 aromatic carbocycles. The second kappa shape index (κ2) is 7.45. The highest BCUT2D eigenvalue weighted by Crippen LogP contribution is 2.06. The molecule has 0 radical (unpaired) electrons. The van der Waals surface area contributed by atoms with Gasteiger partial charge in [0.1, 0.15) is 0 Å². The van der Waals surface area contributed by atoms with Crippen molar-refractivity contribution in [2.75, 3.05) is 19.6 Å². The fourth-order valence-corrected chi connectivity index (χ4v) is 1.55. The highest BCUT2D eigenvalue weighted by molar-refractivity contribution is 6.35. The number of rotatable bonds is 5. The molecule has 0 atom stereocenters. The molecule has 0 aliphatic heterocycles. The van der Waals surface area contributed by atoms with Crippen LogP contribution in [0.5, 0.6) is 0 Å². The van der Waals surface area contributed by atoms with Gasteiger partial charge >= 0.3 is 11.8 Å². The van der Waals surface area contributed by atoms with Crippen molar-refractivity contribution >= 4 is 11.8 Å². The number of nitrogens with two attached hydrogens (primary N) is 1. The molecule has 0 aromatic heterocycles. The van der Waals surface area contributed by atoms with Gasteiger partial charge in [0.2, 0.25) is 0 Å². The van der Waals surface area contributed by atoms with Crippen molar-refractivity contribution in [1.29, 1.82) is 0 Å². The molecule has 1 rings (SSSR count). The normalized spacial score (nSPS) is 9.89. The molecule has 5 nitrogen and oxygen atoms in total. The lowest BCUT2D eigenvalue weighted by Gasteiger charge is -2.07. The quantitative estimate of drug-likeness (QED) is 0.628. The first-order chi connectivity index (χ1) is 8.65. The van der Waals surface area contributed by atoms with E-state index in [1.54, 1.807) is 0 Å². The number of amides is 2. The van der Waals surface area contributed by atoms with Crippen LogP contribution < -0.4 is 16.4 Å². The van der Waals surface area contributed by atoms with Gasteiger partial charge in [-0.05, 0) is 24.5 Å². The molecule has 0 spiro atoms. The molecule has 18 heavy (non-hydrogen) atoms. The topological polar surface area (TPSA) is 84.2 Å². The van der Waals surface area contributed by atoms with E-state index in [4.69, 9.17) is 5.73 Å². The summed E-state index contributed by atoms with van der Waals surface area (Å²) in [5.74, 6) is -1.25. The summed E-state index contributed by atoms with van der Waals surface area (Å²) in [5, 5.41) is 4.99. The Kier molecular flexibility index (Phi) is 5.87. The molecular formula is C13H19N3O2. The Morgan fingerprint density at radius 2 is 1.72 bits per heavy atom. The minimum absolute atomic E-state index is 0.310. The molecule has 0 unspecified atom stereocenters. The van der Waals surface area contributed by atoms with Crippen LogP contribution in [-0.2, 0) is 16.0 Å². The zero-order valence-corrected chi connectivity index (χ0v) is 10.5. The predicted octanol–water partition coefficient (Wildman–Crippen LogP) is -0.271. The second-order valence-corrected chi connectivity index (χ2v) is 3.98. The number of hydrogen-bond acceptors (Lipinski definition) is 3. The molecule has 1 aromatic rings. The average molecular weight is 249 g/mol. The SMILES string of the molecule is Cc1ccccc1CCNC(=O)C(=O)NCCN. The molecule has 0 saturated heterocycles. The largest absolute Gasteiger partial charge is 0.348 e. The minimum atomic E-state index is -0.634. The Bertz CT molecular complexity index is 418. The maximum atomic E-state index is 11.4. The summed E-state index contributed by atoms with van der Waals surface area (Å²) in [5.41, 5.74) is 7.57. The van der Waals surface area contributed by atoms with Crippen LogP contribution in [0.25, 0.3) is 0 Å². The van der Waals surface area contributed by atoms with Gasteiger partial charge in [-0.2, -0.15) is 0 Å². The summed E-state index contributed by atoms with van der Waals surface area (Å²) < 4.78 is 0.